The molecule has 3 nitrogen and oxygen atoms in total. The topological polar surface area (TPSA) is 26.5 Å². The van der Waals surface area contributed by atoms with Gasteiger partial charge in [0, 0.05) is 20.9 Å². The lowest BCUT2D eigenvalue weighted by molar-refractivity contribution is -0.534. The summed E-state index contributed by atoms with van der Waals surface area (Å²) in [5.74, 6) is 1.24. The van der Waals surface area contributed by atoms with E-state index in [-0.39, 0.29) is 0 Å². The Morgan fingerprint density at radius 3 is 2.20 bits per heavy atom. The van der Waals surface area contributed by atoms with Crippen molar-refractivity contribution >= 4 is 43.4 Å². The van der Waals surface area contributed by atoms with Crippen LogP contribution in [0.2, 0.25) is 0 Å². The SMILES string of the molecule is OC1(c2ccc(Br)cc2)C[N+]2=C(CCCCC2)N1c1ccc(Br)cc1. The van der Waals surface area contributed by atoms with Crippen molar-refractivity contribution in [1.29, 1.82) is 0 Å². The van der Waals surface area contributed by atoms with E-state index >= 15 is 0 Å². The van der Waals surface area contributed by atoms with Crippen LogP contribution in [0.15, 0.2) is 57.5 Å². The third kappa shape index (κ3) is 3.18. The number of rotatable bonds is 2. The van der Waals surface area contributed by atoms with Crippen molar-refractivity contribution in [1.82, 2.24) is 0 Å². The zero-order chi connectivity index (χ0) is 17.4. The third-order valence-corrected chi connectivity index (χ3v) is 6.18. The first-order valence-electron chi connectivity index (χ1n) is 8.73. The lowest BCUT2D eigenvalue weighted by atomic mass is 10.00. The summed E-state index contributed by atoms with van der Waals surface area (Å²) in [6.45, 7) is 1.63. The molecule has 2 aromatic rings. The zero-order valence-electron chi connectivity index (χ0n) is 14.0. The van der Waals surface area contributed by atoms with Crippen molar-refractivity contribution in [2.45, 2.75) is 31.4 Å². The Balaban J connectivity index is 1.83. The van der Waals surface area contributed by atoms with Gasteiger partial charge in [-0.3, -0.25) is 4.58 Å². The van der Waals surface area contributed by atoms with Crippen LogP contribution in [-0.4, -0.2) is 28.6 Å². The van der Waals surface area contributed by atoms with Crippen LogP contribution in [0.5, 0.6) is 0 Å². The van der Waals surface area contributed by atoms with Crippen LogP contribution >= 0.6 is 31.9 Å². The molecule has 0 fully saturated rings. The van der Waals surface area contributed by atoms with Crippen molar-refractivity contribution in [3.05, 3.63) is 63.0 Å². The standard InChI is InChI=1S/C20H21Br2N2O/c21-16-7-5-15(6-8-16)20(25)14-23-13-3-1-2-4-19(23)24(20)18-11-9-17(22)10-12-18/h5-12,25H,1-4,13-14H2/q+1. The Labute approximate surface area is 165 Å². The number of halogens is 2. The van der Waals surface area contributed by atoms with Crippen LogP contribution in [0.3, 0.4) is 0 Å². The van der Waals surface area contributed by atoms with Crippen LogP contribution in [-0.2, 0) is 5.72 Å². The molecule has 130 valence electrons. The van der Waals surface area contributed by atoms with Crippen molar-refractivity contribution in [2.75, 3.05) is 18.0 Å². The number of aliphatic hydroxyl groups is 1. The van der Waals surface area contributed by atoms with Crippen molar-refractivity contribution in [3.63, 3.8) is 0 Å². The molecule has 0 radical (unpaired) electrons. The van der Waals surface area contributed by atoms with Gasteiger partial charge in [0.05, 0.1) is 6.54 Å². The number of hydrogen-bond donors (Lipinski definition) is 1. The van der Waals surface area contributed by atoms with Gasteiger partial charge in [-0.25, -0.2) is 0 Å². The second-order valence-electron chi connectivity index (χ2n) is 6.78. The summed E-state index contributed by atoms with van der Waals surface area (Å²) < 4.78 is 4.44. The number of amidine groups is 1. The minimum atomic E-state index is -1.04. The number of nitrogens with zero attached hydrogens (tertiary/aromatic N) is 2. The first kappa shape index (κ1) is 17.3. The van der Waals surface area contributed by atoms with E-state index in [9.17, 15) is 5.11 Å². The highest BCUT2D eigenvalue weighted by molar-refractivity contribution is 9.10. The maximum absolute atomic E-state index is 11.8. The minimum Gasteiger partial charge on any atom is -0.346 e. The fraction of sp³-hybridized carbons (Fsp3) is 0.350. The molecule has 0 saturated heterocycles. The summed E-state index contributed by atoms with van der Waals surface area (Å²) in [6.07, 6.45) is 4.63. The molecule has 2 aromatic carbocycles. The van der Waals surface area contributed by atoms with Crippen LogP contribution < -0.4 is 4.90 Å². The van der Waals surface area contributed by atoms with Gasteiger partial charge < -0.3 is 5.11 Å². The smallest absolute Gasteiger partial charge is 0.275 e. The van der Waals surface area contributed by atoms with E-state index in [0.717, 1.165) is 33.2 Å². The second-order valence-corrected chi connectivity index (χ2v) is 8.62. The van der Waals surface area contributed by atoms with E-state index in [4.69, 9.17) is 0 Å². The highest BCUT2D eigenvalue weighted by atomic mass is 79.9. The van der Waals surface area contributed by atoms with Gasteiger partial charge in [-0.05, 0) is 55.7 Å². The fourth-order valence-corrected chi connectivity index (χ4v) is 4.44. The Hall–Kier alpha value is -1.17. The maximum Gasteiger partial charge on any atom is 0.275 e. The van der Waals surface area contributed by atoms with Gasteiger partial charge in [-0.15, -0.1) is 0 Å². The summed E-state index contributed by atoms with van der Waals surface area (Å²) in [4.78, 5) is 2.15. The Morgan fingerprint density at radius 2 is 1.52 bits per heavy atom. The molecular weight excluding hydrogens is 444 g/mol. The molecule has 0 spiro atoms. The first-order valence-corrected chi connectivity index (χ1v) is 10.3. The molecule has 0 aromatic heterocycles. The van der Waals surface area contributed by atoms with Gasteiger partial charge in [-0.1, -0.05) is 44.0 Å². The summed E-state index contributed by atoms with van der Waals surface area (Å²) in [6, 6.07) is 16.3. The molecule has 1 atom stereocenters. The number of benzene rings is 2. The minimum absolute atomic E-state index is 0.611. The van der Waals surface area contributed by atoms with Crippen molar-refractivity contribution in [2.24, 2.45) is 0 Å². The van der Waals surface area contributed by atoms with Crippen molar-refractivity contribution < 1.29 is 9.68 Å². The lowest BCUT2D eigenvalue weighted by Crippen LogP contribution is -2.47. The van der Waals surface area contributed by atoms with E-state index in [2.05, 4.69) is 53.5 Å². The zero-order valence-corrected chi connectivity index (χ0v) is 17.1. The molecular formula is C20H21Br2N2O+. The predicted octanol–water partition coefficient (Wildman–Crippen LogP) is 4.86. The molecule has 4 rings (SSSR count). The summed E-state index contributed by atoms with van der Waals surface area (Å²) >= 11 is 7.01. The Morgan fingerprint density at radius 1 is 0.880 bits per heavy atom. The highest BCUT2D eigenvalue weighted by Crippen LogP contribution is 2.38. The molecule has 0 amide bonds. The molecule has 25 heavy (non-hydrogen) atoms. The second kappa shape index (κ2) is 6.86. The van der Waals surface area contributed by atoms with Gasteiger partial charge in [0.2, 0.25) is 0 Å². The van der Waals surface area contributed by atoms with Crippen molar-refractivity contribution in [3.8, 4) is 0 Å². The van der Waals surface area contributed by atoms with Gasteiger partial charge >= 0.3 is 0 Å². The number of hydrogen-bond acceptors (Lipinski definition) is 2. The van der Waals surface area contributed by atoms with Gasteiger partial charge in [0.25, 0.3) is 11.6 Å². The molecule has 2 heterocycles. The van der Waals surface area contributed by atoms with E-state index in [1.165, 1.54) is 25.1 Å². The summed E-state index contributed by atoms with van der Waals surface area (Å²) in [5, 5.41) is 11.8. The molecule has 2 aliphatic heterocycles. The third-order valence-electron chi connectivity index (χ3n) is 5.12. The predicted molar refractivity (Wildman–Crippen MR) is 108 cm³/mol. The Bertz CT molecular complexity index is 801. The van der Waals surface area contributed by atoms with Gasteiger partial charge in [-0.2, -0.15) is 4.90 Å². The molecule has 0 saturated carbocycles. The quantitative estimate of drug-likeness (QED) is 0.642. The summed E-state index contributed by atoms with van der Waals surface area (Å²) in [7, 11) is 0. The van der Waals surface area contributed by atoms with E-state index in [1.54, 1.807) is 0 Å². The van der Waals surface area contributed by atoms with E-state index < -0.39 is 5.72 Å². The molecule has 2 aliphatic rings. The van der Waals surface area contributed by atoms with Gasteiger partial charge in [0.1, 0.15) is 5.69 Å². The lowest BCUT2D eigenvalue weighted by Gasteiger charge is -2.29. The Kier molecular flexibility index (Phi) is 4.73. The normalized spacial score (nSPS) is 23.6. The monoisotopic (exact) mass is 463 g/mol. The van der Waals surface area contributed by atoms with Crippen LogP contribution in [0.25, 0.3) is 0 Å². The van der Waals surface area contributed by atoms with Crippen LogP contribution in [0.1, 0.15) is 31.2 Å². The summed E-state index contributed by atoms with van der Waals surface area (Å²) in [5.41, 5.74) is 0.925. The first-order chi connectivity index (χ1) is 12.1. The molecule has 5 heteroatoms. The highest BCUT2D eigenvalue weighted by Gasteiger charge is 2.53. The molecule has 1 N–H and O–H groups in total. The van der Waals surface area contributed by atoms with Crippen LogP contribution in [0.4, 0.5) is 5.69 Å². The largest absolute Gasteiger partial charge is 0.346 e. The van der Waals surface area contributed by atoms with Gasteiger partial charge in [0.15, 0.2) is 6.54 Å². The number of anilines is 1. The fourth-order valence-electron chi connectivity index (χ4n) is 3.91. The molecule has 0 aliphatic carbocycles. The average molecular weight is 465 g/mol. The van der Waals surface area contributed by atoms with E-state index in [1.807, 2.05) is 36.4 Å². The van der Waals surface area contributed by atoms with Crippen LogP contribution in [0, 0.1) is 0 Å². The average Bonchev–Trinajstić information content (AvgIpc) is 2.74. The maximum atomic E-state index is 11.8. The van der Waals surface area contributed by atoms with E-state index in [0.29, 0.717) is 6.54 Å². The molecule has 0 bridgehead atoms. The molecule has 1 unspecified atom stereocenters.